The Morgan fingerprint density at radius 3 is 2.70 bits per heavy atom. The van der Waals surface area contributed by atoms with E-state index in [1.54, 1.807) is 48.7 Å². The van der Waals surface area contributed by atoms with E-state index in [1.165, 1.54) is 23.7 Å². The summed E-state index contributed by atoms with van der Waals surface area (Å²) >= 11 is 7.25. The number of carbonyl (C=O) groups excluding carboxylic acids is 2. The molecule has 0 spiro atoms. The van der Waals surface area contributed by atoms with Gasteiger partial charge in [0.2, 0.25) is 11.7 Å². The lowest BCUT2D eigenvalue weighted by Gasteiger charge is -2.13. The van der Waals surface area contributed by atoms with Crippen molar-refractivity contribution in [3.63, 3.8) is 0 Å². The van der Waals surface area contributed by atoms with Crippen LogP contribution in [0.1, 0.15) is 17.5 Å². The average molecular weight is 443 g/mol. The summed E-state index contributed by atoms with van der Waals surface area (Å²) in [5.41, 5.74) is 1.27. The monoisotopic (exact) mass is 442 g/mol. The van der Waals surface area contributed by atoms with Crippen molar-refractivity contribution in [2.24, 2.45) is 0 Å². The fraction of sp³-hybridized carbons (Fsp3) is 0.100. The van der Waals surface area contributed by atoms with Gasteiger partial charge in [0, 0.05) is 10.6 Å². The van der Waals surface area contributed by atoms with Crippen LogP contribution in [-0.4, -0.2) is 28.0 Å². The van der Waals surface area contributed by atoms with Crippen molar-refractivity contribution < 1.29 is 18.5 Å². The molecule has 1 aromatic carbocycles. The lowest BCUT2D eigenvalue weighted by Crippen LogP contribution is -2.41. The van der Waals surface area contributed by atoms with E-state index in [0.717, 1.165) is 5.56 Å². The zero-order chi connectivity index (χ0) is 21.1. The molecule has 30 heavy (non-hydrogen) atoms. The van der Waals surface area contributed by atoms with Gasteiger partial charge < -0.3 is 19.6 Å². The third kappa shape index (κ3) is 4.27. The van der Waals surface area contributed by atoms with Crippen molar-refractivity contribution in [3.05, 3.63) is 64.9 Å². The number of hydrogen-bond acceptors (Lipinski definition) is 7. The predicted octanol–water partition coefficient (Wildman–Crippen LogP) is 4.47. The zero-order valence-corrected chi connectivity index (χ0v) is 17.2. The number of hydrogen-bond donors (Lipinski definition) is 2. The van der Waals surface area contributed by atoms with Crippen molar-refractivity contribution in [2.75, 3.05) is 5.32 Å². The van der Waals surface area contributed by atoms with Crippen molar-refractivity contribution in [1.29, 1.82) is 0 Å². The number of furan rings is 1. The first-order valence-electron chi connectivity index (χ1n) is 8.84. The molecule has 4 rings (SSSR count). The zero-order valence-electron chi connectivity index (χ0n) is 15.6. The summed E-state index contributed by atoms with van der Waals surface area (Å²) in [6, 6.07) is 11.1. The molecule has 3 aromatic heterocycles. The van der Waals surface area contributed by atoms with Gasteiger partial charge in [-0.05, 0) is 54.8 Å². The van der Waals surface area contributed by atoms with Crippen LogP contribution in [0, 0.1) is 0 Å². The molecular formula is C20H15ClN4O4S. The van der Waals surface area contributed by atoms with Crippen molar-refractivity contribution in [1.82, 2.24) is 15.5 Å². The van der Waals surface area contributed by atoms with Crippen LogP contribution in [0.3, 0.4) is 0 Å². The van der Waals surface area contributed by atoms with E-state index >= 15 is 0 Å². The molecule has 0 bridgehead atoms. The first-order chi connectivity index (χ1) is 14.5. The van der Waals surface area contributed by atoms with Gasteiger partial charge in [0.15, 0.2) is 5.76 Å². The van der Waals surface area contributed by atoms with Crippen LogP contribution in [0.25, 0.3) is 22.2 Å². The molecule has 0 unspecified atom stereocenters. The van der Waals surface area contributed by atoms with Crippen molar-refractivity contribution >= 4 is 40.4 Å². The molecule has 0 aliphatic rings. The third-order valence-electron chi connectivity index (χ3n) is 4.13. The minimum Gasteiger partial charge on any atom is -0.459 e. The van der Waals surface area contributed by atoms with Gasteiger partial charge in [0.25, 0.3) is 11.8 Å². The van der Waals surface area contributed by atoms with Crippen LogP contribution in [0.4, 0.5) is 5.69 Å². The highest BCUT2D eigenvalue weighted by Gasteiger charge is 2.21. The summed E-state index contributed by atoms with van der Waals surface area (Å²) in [4.78, 5) is 29.6. The quantitative estimate of drug-likeness (QED) is 0.456. The molecule has 10 heteroatoms. The Bertz CT molecular complexity index is 1170. The second kappa shape index (κ2) is 8.52. The molecule has 1 atom stereocenters. The van der Waals surface area contributed by atoms with E-state index in [2.05, 4.69) is 20.8 Å². The standard InChI is InChI=1S/C20H15ClN4O4S/c1-11(22-19(27)15-3-2-9-28-15)18(26)23-14-8-10-30-16(14)20-24-17(25-29-20)12-4-6-13(21)7-5-12/h2-11H,1H3,(H,22,27)(H,23,26)/t11-/m1/s1. The predicted molar refractivity (Wildman–Crippen MR) is 112 cm³/mol. The van der Waals surface area contributed by atoms with Gasteiger partial charge >= 0.3 is 0 Å². The molecule has 4 aromatic rings. The fourth-order valence-electron chi connectivity index (χ4n) is 2.59. The fourth-order valence-corrected chi connectivity index (χ4v) is 3.48. The van der Waals surface area contributed by atoms with Gasteiger partial charge in [-0.3, -0.25) is 9.59 Å². The minimum atomic E-state index is -0.789. The second-order valence-electron chi connectivity index (χ2n) is 6.26. The van der Waals surface area contributed by atoms with E-state index in [4.69, 9.17) is 20.5 Å². The lowest BCUT2D eigenvalue weighted by atomic mass is 10.2. The first kappa shape index (κ1) is 19.9. The molecule has 0 saturated carbocycles. The Balaban J connectivity index is 1.46. The number of aromatic nitrogens is 2. The summed E-state index contributed by atoms with van der Waals surface area (Å²) in [5.74, 6) is -0.0555. The molecule has 3 heterocycles. The molecule has 0 saturated heterocycles. The Labute approximate surface area is 179 Å². The van der Waals surface area contributed by atoms with Gasteiger partial charge in [-0.15, -0.1) is 11.3 Å². The number of amides is 2. The van der Waals surface area contributed by atoms with E-state index < -0.39 is 17.9 Å². The Morgan fingerprint density at radius 1 is 1.17 bits per heavy atom. The highest BCUT2D eigenvalue weighted by molar-refractivity contribution is 7.14. The average Bonchev–Trinajstić information content (AvgIpc) is 3.49. The van der Waals surface area contributed by atoms with Gasteiger partial charge in [0.1, 0.15) is 10.9 Å². The maximum Gasteiger partial charge on any atom is 0.287 e. The van der Waals surface area contributed by atoms with Crippen molar-refractivity contribution in [3.8, 4) is 22.2 Å². The van der Waals surface area contributed by atoms with Crippen LogP contribution < -0.4 is 10.6 Å². The third-order valence-corrected chi connectivity index (χ3v) is 5.29. The summed E-state index contributed by atoms with van der Waals surface area (Å²) in [7, 11) is 0. The maximum atomic E-state index is 12.5. The summed E-state index contributed by atoms with van der Waals surface area (Å²) in [6.45, 7) is 1.58. The van der Waals surface area contributed by atoms with Crippen LogP contribution in [-0.2, 0) is 4.79 Å². The Hall–Kier alpha value is -3.43. The van der Waals surface area contributed by atoms with Gasteiger partial charge in [0.05, 0.1) is 12.0 Å². The Kier molecular flexibility index (Phi) is 5.64. The molecule has 0 aliphatic carbocycles. The lowest BCUT2D eigenvalue weighted by molar-refractivity contribution is -0.117. The van der Waals surface area contributed by atoms with E-state index in [9.17, 15) is 9.59 Å². The molecule has 0 aliphatic heterocycles. The largest absolute Gasteiger partial charge is 0.459 e. The highest BCUT2D eigenvalue weighted by Crippen LogP contribution is 2.34. The summed E-state index contributed by atoms with van der Waals surface area (Å²) < 4.78 is 10.4. The second-order valence-corrected chi connectivity index (χ2v) is 7.61. The van der Waals surface area contributed by atoms with E-state index in [-0.39, 0.29) is 11.7 Å². The van der Waals surface area contributed by atoms with Crippen LogP contribution in [0.5, 0.6) is 0 Å². The number of thiophene rings is 1. The van der Waals surface area contributed by atoms with Crippen LogP contribution >= 0.6 is 22.9 Å². The van der Waals surface area contributed by atoms with Gasteiger partial charge in [-0.1, -0.05) is 16.8 Å². The topological polar surface area (TPSA) is 110 Å². The first-order valence-corrected chi connectivity index (χ1v) is 10.1. The molecule has 152 valence electrons. The maximum absolute atomic E-state index is 12.5. The SMILES string of the molecule is C[C@@H](NC(=O)c1ccco1)C(=O)Nc1ccsc1-c1nc(-c2ccc(Cl)cc2)no1. The van der Waals surface area contributed by atoms with Gasteiger partial charge in [-0.25, -0.2) is 0 Å². The molecular weight excluding hydrogens is 428 g/mol. The Morgan fingerprint density at radius 2 is 1.97 bits per heavy atom. The molecule has 2 amide bonds. The summed E-state index contributed by atoms with van der Waals surface area (Å²) in [6.07, 6.45) is 1.39. The number of halogens is 1. The minimum absolute atomic E-state index is 0.131. The number of nitrogens with one attached hydrogen (secondary N) is 2. The van der Waals surface area contributed by atoms with Crippen molar-refractivity contribution in [2.45, 2.75) is 13.0 Å². The van der Waals surface area contributed by atoms with Crippen LogP contribution in [0.2, 0.25) is 5.02 Å². The molecule has 0 radical (unpaired) electrons. The molecule has 2 N–H and O–H groups in total. The number of anilines is 1. The molecule has 8 nitrogen and oxygen atoms in total. The normalized spacial score (nSPS) is 11.8. The smallest absolute Gasteiger partial charge is 0.287 e. The van der Waals surface area contributed by atoms with Crippen LogP contribution in [0.15, 0.2) is 63.0 Å². The summed E-state index contributed by atoms with van der Waals surface area (Å²) in [5, 5.41) is 11.8. The highest BCUT2D eigenvalue weighted by atomic mass is 35.5. The number of rotatable bonds is 6. The van der Waals surface area contributed by atoms with Gasteiger partial charge in [-0.2, -0.15) is 4.98 Å². The van der Waals surface area contributed by atoms with E-state index in [0.29, 0.717) is 21.4 Å². The molecule has 0 fully saturated rings. The number of carbonyl (C=O) groups is 2. The number of benzene rings is 1. The number of nitrogens with zero attached hydrogens (tertiary/aromatic N) is 2. The van der Waals surface area contributed by atoms with E-state index in [1.807, 2.05) is 0 Å².